The minimum atomic E-state index is 0.729. The van der Waals surface area contributed by atoms with Crippen molar-refractivity contribution in [3.05, 3.63) is 36.4 Å². The Balaban J connectivity index is 1.79. The van der Waals surface area contributed by atoms with E-state index in [1.165, 1.54) is 0 Å². The number of aryl methyl sites for hydroxylation is 2. The molecule has 2 aromatic heterocycles. The lowest BCUT2D eigenvalue weighted by Gasteiger charge is -1.95. The van der Waals surface area contributed by atoms with E-state index in [1.54, 1.807) is 11.0 Å². The summed E-state index contributed by atoms with van der Waals surface area (Å²) in [7, 11) is 0. The van der Waals surface area contributed by atoms with E-state index < -0.39 is 0 Å². The van der Waals surface area contributed by atoms with Crippen LogP contribution in [0.5, 0.6) is 0 Å². The maximum atomic E-state index is 4.47. The largest absolute Gasteiger partial charge is 0.342 e. The fourth-order valence-electron chi connectivity index (χ4n) is 1.63. The second-order valence-corrected chi connectivity index (χ2v) is 3.52. The van der Waals surface area contributed by atoms with Crippen LogP contribution in [0.2, 0.25) is 0 Å². The Morgan fingerprint density at radius 2 is 2.19 bits per heavy atom. The smallest absolute Gasteiger partial charge is 0.138 e. The molecule has 0 bridgehead atoms. The number of para-hydroxylation sites is 2. The van der Waals surface area contributed by atoms with Gasteiger partial charge in [-0.2, -0.15) is 0 Å². The topological polar surface area (TPSA) is 72.3 Å². The molecule has 0 amide bonds. The Labute approximate surface area is 91.3 Å². The summed E-state index contributed by atoms with van der Waals surface area (Å²) in [6.45, 7) is 0.729. The predicted molar refractivity (Wildman–Crippen MR) is 57.6 cm³/mol. The number of rotatable bonds is 3. The van der Waals surface area contributed by atoms with E-state index in [9.17, 15) is 0 Å². The van der Waals surface area contributed by atoms with Gasteiger partial charge in [-0.15, -0.1) is 5.10 Å². The lowest BCUT2D eigenvalue weighted by Crippen LogP contribution is -2.03. The summed E-state index contributed by atoms with van der Waals surface area (Å²) >= 11 is 0. The van der Waals surface area contributed by atoms with Gasteiger partial charge < -0.3 is 4.98 Å². The van der Waals surface area contributed by atoms with Crippen LogP contribution in [0.25, 0.3) is 11.0 Å². The standard InChI is InChI=1S/C10H10N6/c1-2-4-9-8(3-1)12-10(13-9)5-6-16-7-11-14-15-16/h1-4,7H,5-6H2,(H,12,13). The number of nitrogens with zero attached hydrogens (tertiary/aromatic N) is 5. The summed E-state index contributed by atoms with van der Waals surface area (Å²) in [5, 5.41) is 11.0. The van der Waals surface area contributed by atoms with Crippen LogP contribution in [-0.2, 0) is 13.0 Å². The van der Waals surface area contributed by atoms with Crippen LogP contribution in [0.3, 0.4) is 0 Å². The van der Waals surface area contributed by atoms with Crippen molar-refractivity contribution in [3.8, 4) is 0 Å². The number of fused-ring (bicyclic) bond motifs is 1. The lowest BCUT2D eigenvalue weighted by molar-refractivity contribution is 0.580. The number of H-pyrrole nitrogens is 1. The van der Waals surface area contributed by atoms with Crippen molar-refractivity contribution in [3.63, 3.8) is 0 Å². The highest BCUT2D eigenvalue weighted by atomic mass is 15.5. The van der Waals surface area contributed by atoms with E-state index in [-0.39, 0.29) is 0 Å². The molecule has 3 rings (SSSR count). The second kappa shape index (κ2) is 3.73. The van der Waals surface area contributed by atoms with Crippen molar-refractivity contribution in [1.82, 2.24) is 30.2 Å². The highest BCUT2D eigenvalue weighted by molar-refractivity contribution is 5.74. The molecule has 0 radical (unpaired) electrons. The van der Waals surface area contributed by atoms with Crippen LogP contribution < -0.4 is 0 Å². The summed E-state index contributed by atoms with van der Waals surface area (Å²) in [6, 6.07) is 7.98. The van der Waals surface area contributed by atoms with Gasteiger partial charge in [0.1, 0.15) is 12.2 Å². The van der Waals surface area contributed by atoms with Crippen LogP contribution in [0.1, 0.15) is 5.82 Å². The van der Waals surface area contributed by atoms with E-state index in [4.69, 9.17) is 0 Å². The molecule has 0 saturated heterocycles. The number of hydrogen-bond donors (Lipinski definition) is 1. The van der Waals surface area contributed by atoms with Crippen molar-refractivity contribution in [1.29, 1.82) is 0 Å². The number of benzene rings is 1. The zero-order chi connectivity index (χ0) is 10.8. The van der Waals surface area contributed by atoms with Gasteiger partial charge in [-0.3, -0.25) is 0 Å². The number of aromatic nitrogens is 6. The first-order valence-electron chi connectivity index (χ1n) is 5.06. The third kappa shape index (κ3) is 1.65. The molecule has 3 aromatic rings. The maximum Gasteiger partial charge on any atom is 0.138 e. The number of nitrogens with one attached hydrogen (secondary N) is 1. The molecular formula is C10H10N6. The summed E-state index contributed by atoms with van der Waals surface area (Å²) in [4.78, 5) is 7.74. The third-order valence-corrected chi connectivity index (χ3v) is 2.41. The molecule has 0 aliphatic heterocycles. The van der Waals surface area contributed by atoms with Gasteiger partial charge in [0.15, 0.2) is 0 Å². The van der Waals surface area contributed by atoms with Crippen LogP contribution >= 0.6 is 0 Å². The van der Waals surface area contributed by atoms with E-state index in [0.717, 1.165) is 29.8 Å². The Kier molecular flexibility index (Phi) is 2.10. The van der Waals surface area contributed by atoms with E-state index in [1.807, 2.05) is 24.3 Å². The summed E-state index contributed by atoms with van der Waals surface area (Å²) in [5.41, 5.74) is 2.06. The Morgan fingerprint density at radius 1 is 1.25 bits per heavy atom. The Morgan fingerprint density at radius 3 is 3.00 bits per heavy atom. The molecular weight excluding hydrogens is 204 g/mol. The first kappa shape index (κ1) is 9.02. The first-order valence-corrected chi connectivity index (χ1v) is 5.06. The van der Waals surface area contributed by atoms with Crippen molar-refractivity contribution < 1.29 is 0 Å². The molecule has 0 fully saturated rings. The molecule has 0 aliphatic carbocycles. The molecule has 6 nitrogen and oxygen atoms in total. The van der Waals surface area contributed by atoms with E-state index >= 15 is 0 Å². The highest BCUT2D eigenvalue weighted by Gasteiger charge is 2.02. The van der Waals surface area contributed by atoms with Crippen molar-refractivity contribution in [2.24, 2.45) is 0 Å². The SMILES string of the molecule is c1ccc2[nH]c(CCn3cnnn3)nc2c1. The predicted octanol–water partition coefficient (Wildman–Crippen LogP) is 0.792. The molecule has 1 aromatic carbocycles. The van der Waals surface area contributed by atoms with Crippen LogP contribution in [0.15, 0.2) is 30.6 Å². The van der Waals surface area contributed by atoms with Gasteiger partial charge in [0.2, 0.25) is 0 Å². The van der Waals surface area contributed by atoms with Crippen molar-refractivity contribution in [2.45, 2.75) is 13.0 Å². The molecule has 6 heteroatoms. The van der Waals surface area contributed by atoms with Crippen LogP contribution in [-0.4, -0.2) is 30.2 Å². The second-order valence-electron chi connectivity index (χ2n) is 3.52. The van der Waals surface area contributed by atoms with E-state index in [2.05, 4.69) is 25.5 Å². The fraction of sp³-hybridized carbons (Fsp3) is 0.200. The average molecular weight is 214 g/mol. The Hall–Kier alpha value is -2.24. The molecule has 0 spiro atoms. The zero-order valence-corrected chi connectivity index (χ0v) is 8.54. The van der Waals surface area contributed by atoms with Crippen LogP contribution in [0, 0.1) is 0 Å². The van der Waals surface area contributed by atoms with Gasteiger partial charge in [-0.05, 0) is 22.6 Å². The number of aromatic amines is 1. The lowest BCUT2D eigenvalue weighted by atomic mass is 10.3. The quantitative estimate of drug-likeness (QED) is 0.699. The molecule has 80 valence electrons. The van der Waals surface area contributed by atoms with Crippen LogP contribution in [0.4, 0.5) is 0 Å². The zero-order valence-electron chi connectivity index (χ0n) is 8.54. The van der Waals surface area contributed by atoms with E-state index in [0.29, 0.717) is 0 Å². The molecule has 0 saturated carbocycles. The highest BCUT2D eigenvalue weighted by Crippen LogP contribution is 2.10. The normalized spacial score (nSPS) is 11.0. The maximum absolute atomic E-state index is 4.47. The summed E-state index contributed by atoms with van der Waals surface area (Å²) in [6.07, 6.45) is 2.39. The number of imidazole rings is 1. The minimum absolute atomic E-state index is 0.729. The molecule has 2 heterocycles. The molecule has 1 N–H and O–H groups in total. The minimum Gasteiger partial charge on any atom is -0.342 e. The summed E-state index contributed by atoms with van der Waals surface area (Å²) in [5.74, 6) is 0.955. The first-order chi connectivity index (χ1) is 7.92. The average Bonchev–Trinajstić information content (AvgIpc) is 2.95. The van der Waals surface area contributed by atoms with Gasteiger partial charge >= 0.3 is 0 Å². The van der Waals surface area contributed by atoms with Gasteiger partial charge in [-0.1, -0.05) is 12.1 Å². The van der Waals surface area contributed by atoms with Crippen molar-refractivity contribution >= 4 is 11.0 Å². The van der Waals surface area contributed by atoms with Gasteiger partial charge in [0, 0.05) is 6.42 Å². The molecule has 0 atom stereocenters. The van der Waals surface area contributed by atoms with Gasteiger partial charge in [0.05, 0.1) is 17.6 Å². The van der Waals surface area contributed by atoms with Gasteiger partial charge in [0.25, 0.3) is 0 Å². The summed E-state index contributed by atoms with van der Waals surface area (Å²) < 4.78 is 1.69. The molecule has 0 unspecified atom stereocenters. The number of hydrogen-bond acceptors (Lipinski definition) is 4. The monoisotopic (exact) mass is 214 g/mol. The molecule has 0 aliphatic rings. The van der Waals surface area contributed by atoms with Crippen molar-refractivity contribution in [2.75, 3.05) is 0 Å². The van der Waals surface area contributed by atoms with Gasteiger partial charge in [-0.25, -0.2) is 9.67 Å². The Bertz CT molecular complexity index is 549. The fourth-order valence-corrected chi connectivity index (χ4v) is 1.63. The third-order valence-electron chi connectivity index (χ3n) is 2.41. The number of tetrazole rings is 1. The molecule has 16 heavy (non-hydrogen) atoms.